The Morgan fingerprint density at radius 3 is 3.00 bits per heavy atom. The molecule has 0 saturated heterocycles. The average molecular weight is 209 g/mol. The van der Waals surface area contributed by atoms with E-state index in [-0.39, 0.29) is 0 Å². The van der Waals surface area contributed by atoms with Gasteiger partial charge in [-0.25, -0.2) is 0 Å². The molecule has 3 heteroatoms. The topological polar surface area (TPSA) is 35.8 Å². The van der Waals surface area contributed by atoms with Crippen LogP contribution in [0.4, 0.5) is 5.69 Å². The molecule has 0 bridgehead atoms. The lowest BCUT2D eigenvalue weighted by molar-refractivity contribution is 0.896. The zero-order valence-corrected chi connectivity index (χ0v) is 8.93. The fourth-order valence-corrected chi connectivity index (χ4v) is 1.35. The Labute approximate surface area is 89.5 Å². The summed E-state index contributed by atoms with van der Waals surface area (Å²) in [5.41, 5.74) is 2.22. The van der Waals surface area contributed by atoms with Gasteiger partial charge in [-0.15, -0.1) is 0 Å². The summed E-state index contributed by atoms with van der Waals surface area (Å²) < 4.78 is 0. The molecule has 0 atom stereocenters. The van der Waals surface area contributed by atoms with E-state index in [2.05, 4.69) is 11.4 Å². The van der Waals surface area contributed by atoms with Crippen LogP contribution in [0, 0.1) is 18.3 Å². The molecule has 0 amide bonds. The first-order valence-corrected chi connectivity index (χ1v) is 4.99. The molecule has 0 aliphatic rings. The number of halogens is 1. The van der Waals surface area contributed by atoms with Crippen LogP contribution >= 0.6 is 11.6 Å². The van der Waals surface area contributed by atoms with E-state index in [1.165, 1.54) is 5.56 Å². The molecule has 0 heterocycles. The number of rotatable bonds is 4. The molecule has 0 radical (unpaired) electrons. The molecule has 74 valence electrons. The first kappa shape index (κ1) is 10.9. The van der Waals surface area contributed by atoms with Crippen LogP contribution in [0.5, 0.6) is 0 Å². The number of anilines is 1. The van der Waals surface area contributed by atoms with E-state index < -0.39 is 0 Å². The highest BCUT2D eigenvalue weighted by Gasteiger charge is 1.97. The van der Waals surface area contributed by atoms with Gasteiger partial charge < -0.3 is 5.32 Å². The molecule has 1 aromatic rings. The van der Waals surface area contributed by atoms with Crippen molar-refractivity contribution in [1.82, 2.24) is 0 Å². The second-order valence-electron chi connectivity index (χ2n) is 3.15. The molecule has 0 aromatic heterocycles. The molecular formula is C11H13ClN2. The largest absolute Gasteiger partial charge is 0.385 e. The van der Waals surface area contributed by atoms with Gasteiger partial charge in [-0.1, -0.05) is 17.7 Å². The molecule has 0 saturated carbocycles. The van der Waals surface area contributed by atoms with E-state index in [4.69, 9.17) is 16.9 Å². The normalized spacial score (nSPS) is 9.50. The van der Waals surface area contributed by atoms with Crippen LogP contribution in [-0.4, -0.2) is 6.54 Å². The lowest BCUT2D eigenvalue weighted by Crippen LogP contribution is -2.02. The van der Waals surface area contributed by atoms with Crippen LogP contribution in [0.2, 0.25) is 5.02 Å². The minimum atomic E-state index is 0.590. The third-order valence-electron chi connectivity index (χ3n) is 1.98. The van der Waals surface area contributed by atoms with Crippen molar-refractivity contribution in [3.63, 3.8) is 0 Å². The molecule has 0 aliphatic heterocycles. The van der Waals surface area contributed by atoms with Crippen molar-refractivity contribution in [1.29, 1.82) is 5.26 Å². The second-order valence-corrected chi connectivity index (χ2v) is 3.58. The summed E-state index contributed by atoms with van der Waals surface area (Å²) in [5, 5.41) is 12.4. The molecule has 1 rings (SSSR count). The summed E-state index contributed by atoms with van der Waals surface area (Å²) in [6.07, 6.45) is 1.45. The van der Waals surface area contributed by atoms with Crippen LogP contribution in [0.1, 0.15) is 18.4 Å². The second kappa shape index (κ2) is 5.51. The Kier molecular flexibility index (Phi) is 4.28. The fraction of sp³-hybridized carbons (Fsp3) is 0.364. The van der Waals surface area contributed by atoms with Gasteiger partial charge in [0.1, 0.15) is 0 Å². The van der Waals surface area contributed by atoms with E-state index in [0.717, 1.165) is 23.7 Å². The third-order valence-corrected chi connectivity index (χ3v) is 2.22. The molecule has 0 spiro atoms. The number of nitriles is 1. The van der Waals surface area contributed by atoms with E-state index in [1.54, 1.807) is 0 Å². The van der Waals surface area contributed by atoms with Crippen LogP contribution in [0.3, 0.4) is 0 Å². The number of nitrogens with one attached hydrogen (secondary N) is 1. The zero-order valence-electron chi connectivity index (χ0n) is 8.18. The summed E-state index contributed by atoms with van der Waals surface area (Å²) in [7, 11) is 0. The summed E-state index contributed by atoms with van der Waals surface area (Å²) >= 11 is 5.86. The lowest BCUT2D eigenvalue weighted by atomic mass is 10.2. The Bertz CT molecular complexity index is 342. The van der Waals surface area contributed by atoms with Gasteiger partial charge in [0.25, 0.3) is 0 Å². The highest BCUT2D eigenvalue weighted by molar-refractivity contribution is 6.30. The average Bonchev–Trinajstić information content (AvgIpc) is 2.18. The van der Waals surface area contributed by atoms with Gasteiger partial charge in [-0.3, -0.25) is 0 Å². The van der Waals surface area contributed by atoms with Crippen molar-refractivity contribution in [2.24, 2.45) is 0 Å². The minimum Gasteiger partial charge on any atom is -0.385 e. The fourth-order valence-electron chi connectivity index (χ4n) is 1.18. The standard InChI is InChI=1S/C11H13ClN2/c1-9-4-5-10(12)8-11(9)14-7-3-2-6-13/h4-5,8,14H,2-3,7H2,1H3. The monoisotopic (exact) mass is 208 g/mol. The van der Waals surface area contributed by atoms with Crippen LogP contribution < -0.4 is 5.32 Å². The number of unbranched alkanes of at least 4 members (excludes halogenated alkanes) is 1. The Morgan fingerprint density at radius 2 is 2.29 bits per heavy atom. The maximum absolute atomic E-state index is 8.36. The van der Waals surface area contributed by atoms with Gasteiger partial charge in [0.15, 0.2) is 0 Å². The van der Waals surface area contributed by atoms with Crippen LogP contribution in [0.25, 0.3) is 0 Å². The van der Waals surface area contributed by atoms with Crippen LogP contribution in [0.15, 0.2) is 18.2 Å². The maximum Gasteiger partial charge on any atom is 0.0622 e. The predicted molar refractivity (Wildman–Crippen MR) is 59.5 cm³/mol. The van der Waals surface area contributed by atoms with Gasteiger partial charge in [0, 0.05) is 23.7 Å². The minimum absolute atomic E-state index is 0.590. The molecule has 2 nitrogen and oxygen atoms in total. The zero-order chi connectivity index (χ0) is 10.4. The van der Waals surface area contributed by atoms with Gasteiger partial charge in [-0.2, -0.15) is 5.26 Å². The summed E-state index contributed by atoms with van der Waals surface area (Å²) in [5.74, 6) is 0. The Morgan fingerprint density at radius 1 is 1.50 bits per heavy atom. The summed E-state index contributed by atoms with van der Waals surface area (Å²) in [6, 6.07) is 7.87. The molecule has 14 heavy (non-hydrogen) atoms. The predicted octanol–water partition coefficient (Wildman–Crippen LogP) is 3.36. The van der Waals surface area contributed by atoms with Crippen LogP contribution in [-0.2, 0) is 0 Å². The molecule has 0 fully saturated rings. The number of aryl methyl sites for hydroxylation is 1. The van der Waals surface area contributed by atoms with E-state index >= 15 is 0 Å². The first-order chi connectivity index (χ1) is 6.74. The van der Waals surface area contributed by atoms with Crippen molar-refractivity contribution < 1.29 is 0 Å². The van der Waals surface area contributed by atoms with Gasteiger partial charge in [0.05, 0.1) is 6.07 Å². The van der Waals surface area contributed by atoms with Crippen molar-refractivity contribution in [3.8, 4) is 6.07 Å². The molecule has 1 N–H and O–H groups in total. The van der Waals surface area contributed by atoms with Gasteiger partial charge in [-0.05, 0) is 31.0 Å². The smallest absolute Gasteiger partial charge is 0.0622 e. The van der Waals surface area contributed by atoms with E-state index in [1.807, 2.05) is 25.1 Å². The highest BCUT2D eigenvalue weighted by atomic mass is 35.5. The number of nitrogens with zero attached hydrogens (tertiary/aromatic N) is 1. The highest BCUT2D eigenvalue weighted by Crippen LogP contribution is 2.19. The van der Waals surface area contributed by atoms with Crippen molar-refractivity contribution in [2.45, 2.75) is 19.8 Å². The van der Waals surface area contributed by atoms with Crippen molar-refractivity contribution >= 4 is 17.3 Å². The maximum atomic E-state index is 8.36. The lowest BCUT2D eigenvalue weighted by Gasteiger charge is -2.08. The van der Waals surface area contributed by atoms with E-state index in [9.17, 15) is 0 Å². The van der Waals surface area contributed by atoms with Crippen molar-refractivity contribution in [2.75, 3.05) is 11.9 Å². The quantitative estimate of drug-likeness (QED) is 0.771. The SMILES string of the molecule is Cc1ccc(Cl)cc1NCCCC#N. The molecule has 0 unspecified atom stereocenters. The summed E-state index contributed by atoms with van der Waals surface area (Å²) in [6.45, 7) is 2.84. The number of benzene rings is 1. The van der Waals surface area contributed by atoms with E-state index in [0.29, 0.717) is 6.42 Å². The Hall–Kier alpha value is -1.20. The molecule has 0 aliphatic carbocycles. The van der Waals surface area contributed by atoms with Gasteiger partial charge >= 0.3 is 0 Å². The van der Waals surface area contributed by atoms with Gasteiger partial charge in [0.2, 0.25) is 0 Å². The molecule has 1 aromatic carbocycles. The Balaban J connectivity index is 2.50. The number of hydrogen-bond acceptors (Lipinski definition) is 2. The first-order valence-electron chi connectivity index (χ1n) is 4.61. The number of hydrogen-bond donors (Lipinski definition) is 1. The third kappa shape index (κ3) is 3.27. The molecular weight excluding hydrogens is 196 g/mol. The van der Waals surface area contributed by atoms with Crippen molar-refractivity contribution in [3.05, 3.63) is 28.8 Å². The summed E-state index contributed by atoms with van der Waals surface area (Å²) in [4.78, 5) is 0.